The maximum atomic E-state index is 13.0. The highest BCUT2D eigenvalue weighted by Crippen LogP contribution is 2.19. The van der Waals surface area contributed by atoms with Crippen molar-refractivity contribution in [3.63, 3.8) is 0 Å². The molecular weight excluding hydrogens is 323 g/mol. The number of nitrogens with zero attached hydrogens (tertiary/aromatic N) is 5. The first-order valence-electron chi connectivity index (χ1n) is 7.55. The first kappa shape index (κ1) is 15.0. The Morgan fingerprint density at radius 2 is 2.00 bits per heavy atom. The third-order valence-corrected chi connectivity index (χ3v) is 3.54. The zero-order valence-electron chi connectivity index (χ0n) is 13.0. The van der Waals surface area contributed by atoms with Crippen LogP contribution in [0.4, 0.5) is 10.3 Å². The molecule has 1 aromatic carbocycles. The van der Waals surface area contributed by atoms with E-state index < -0.39 is 0 Å². The molecule has 8 heteroatoms. The molecule has 0 bridgehead atoms. The Bertz CT molecular complexity index is 965. The van der Waals surface area contributed by atoms with Crippen LogP contribution in [-0.4, -0.2) is 24.9 Å². The van der Waals surface area contributed by atoms with E-state index in [-0.39, 0.29) is 5.82 Å². The van der Waals surface area contributed by atoms with Crippen LogP contribution in [0.3, 0.4) is 0 Å². The smallest absolute Gasteiger partial charge is 0.223 e. The predicted octanol–water partition coefficient (Wildman–Crippen LogP) is 3.07. The summed E-state index contributed by atoms with van der Waals surface area (Å²) in [5, 5.41) is 11.2. The van der Waals surface area contributed by atoms with E-state index in [2.05, 4.69) is 25.5 Å². The largest absolute Gasteiger partial charge is 0.364 e. The van der Waals surface area contributed by atoms with Crippen molar-refractivity contribution >= 4 is 5.95 Å². The van der Waals surface area contributed by atoms with Crippen molar-refractivity contribution in [1.29, 1.82) is 0 Å². The molecule has 3 aromatic heterocycles. The van der Waals surface area contributed by atoms with Gasteiger partial charge < -0.3 is 9.84 Å². The van der Waals surface area contributed by atoms with Crippen molar-refractivity contribution < 1.29 is 8.91 Å². The minimum Gasteiger partial charge on any atom is -0.364 e. The number of rotatable bonds is 5. The van der Waals surface area contributed by atoms with Gasteiger partial charge in [-0.3, -0.25) is 0 Å². The van der Waals surface area contributed by atoms with E-state index in [0.717, 1.165) is 22.6 Å². The number of nitrogens with one attached hydrogen (secondary N) is 1. The molecule has 0 atom stereocenters. The monoisotopic (exact) mass is 336 g/mol. The molecule has 124 valence electrons. The minimum absolute atomic E-state index is 0.283. The second kappa shape index (κ2) is 6.52. The van der Waals surface area contributed by atoms with Crippen LogP contribution in [-0.2, 0) is 6.54 Å². The van der Waals surface area contributed by atoms with Gasteiger partial charge in [-0.2, -0.15) is 5.10 Å². The van der Waals surface area contributed by atoms with Crippen LogP contribution in [0.5, 0.6) is 0 Å². The molecule has 7 nitrogen and oxygen atoms in total. The van der Waals surface area contributed by atoms with Gasteiger partial charge in [-0.05, 0) is 30.3 Å². The lowest BCUT2D eigenvalue weighted by Gasteiger charge is -2.03. The topological polar surface area (TPSA) is 81.7 Å². The Balaban J connectivity index is 1.53. The van der Waals surface area contributed by atoms with Gasteiger partial charge in [-0.1, -0.05) is 5.16 Å². The number of benzene rings is 1. The summed E-state index contributed by atoms with van der Waals surface area (Å²) in [6.07, 6.45) is 6.71. The van der Waals surface area contributed by atoms with E-state index in [1.165, 1.54) is 18.4 Å². The molecule has 4 aromatic rings. The minimum atomic E-state index is -0.283. The molecule has 3 heterocycles. The van der Waals surface area contributed by atoms with Crippen molar-refractivity contribution in [2.24, 2.45) is 0 Å². The molecule has 0 amide bonds. The maximum absolute atomic E-state index is 13.0. The van der Waals surface area contributed by atoms with Gasteiger partial charge in [0, 0.05) is 24.0 Å². The first-order valence-corrected chi connectivity index (χ1v) is 7.55. The van der Waals surface area contributed by atoms with Crippen LogP contribution >= 0.6 is 0 Å². The van der Waals surface area contributed by atoms with Gasteiger partial charge in [0.05, 0.1) is 24.1 Å². The number of halogens is 1. The Labute approximate surface area is 142 Å². The lowest BCUT2D eigenvalue weighted by atomic mass is 10.2. The molecule has 0 aliphatic heterocycles. The molecule has 0 aliphatic carbocycles. The van der Waals surface area contributed by atoms with Gasteiger partial charge in [0.25, 0.3) is 0 Å². The fourth-order valence-corrected chi connectivity index (χ4v) is 2.29. The van der Waals surface area contributed by atoms with E-state index in [4.69, 9.17) is 4.52 Å². The van der Waals surface area contributed by atoms with Crippen LogP contribution < -0.4 is 5.32 Å². The van der Waals surface area contributed by atoms with Crippen LogP contribution in [0.15, 0.2) is 65.8 Å². The maximum Gasteiger partial charge on any atom is 0.223 e. The molecule has 0 spiro atoms. The van der Waals surface area contributed by atoms with Crippen LogP contribution in [0.1, 0.15) is 5.69 Å². The van der Waals surface area contributed by atoms with Gasteiger partial charge in [-0.15, -0.1) is 0 Å². The quantitative estimate of drug-likeness (QED) is 0.603. The molecule has 1 N–H and O–H groups in total. The lowest BCUT2D eigenvalue weighted by Crippen LogP contribution is -2.03. The summed E-state index contributed by atoms with van der Waals surface area (Å²) in [6, 6.07) is 9.69. The molecule has 0 saturated heterocycles. The van der Waals surface area contributed by atoms with Crippen molar-refractivity contribution in [3.05, 3.63) is 72.8 Å². The van der Waals surface area contributed by atoms with Crippen molar-refractivity contribution in [2.75, 3.05) is 5.32 Å². The van der Waals surface area contributed by atoms with Gasteiger partial charge in [0.15, 0.2) is 0 Å². The summed E-state index contributed by atoms with van der Waals surface area (Å²) in [5.41, 5.74) is 3.09. The fourth-order valence-electron chi connectivity index (χ4n) is 2.29. The zero-order valence-corrected chi connectivity index (χ0v) is 13.0. The average molecular weight is 336 g/mol. The third-order valence-electron chi connectivity index (χ3n) is 3.54. The van der Waals surface area contributed by atoms with Gasteiger partial charge in [0.2, 0.25) is 5.95 Å². The Morgan fingerprint density at radius 3 is 2.80 bits per heavy atom. The van der Waals surface area contributed by atoms with E-state index >= 15 is 0 Å². The molecule has 0 radical (unpaired) electrons. The summed E-state index contributed by atoms with van der Waals surface area (Å²) in [4.78, 5) is 8.66. The summed E-state index contributed by atoms with van der Waals surface area (Å²) < 4.78 is 19.5. The molecular formula is C17H13FN6O. The highest BCUT2D eigenvalue weighted by molar-refractivity contribution is 5.58. The molecule has 0 aliphatic rings. The molecule has 0 saturated carbocycles. The molecule has 0 fully saturated rings. The highest BCUT2D eigenvalue weighted by Gasteiger charge is 2.07. The predicted molar refractivity (Wildman–Crippen MR) is 88.4 cm³/mol. The summed E-state index contributed by atoms with van der Waals surface area (Å²) >= 11 is 0. The van der Waals surface area contributed by atoms with E-state index in [1.54, 1.807) is 41.3 Å². The normalized spacial score (nSPS) is 10.8. The van der Waals surface area contributed by atoms with Gasteiger partial charge in [0.1, 0.15) is 17.8 Å². The second-order valence-corrected chi connectivity index (χ2v) is 5.26. The zero-order chi connectivity index (χ0) is 17.1. The highest BCUT2D eigenvalue weighted by atomic mass is 19.1. The van der Waals surface area contributed by atoms with Crippen LogP contribution in [0.25, 0.3) is 16.9 Å². The van der Waals surface area contributed by atoms with Gasteiger partial charge >= 0.3 is 0 Å². The number of anilines is 1. The van der Waals surface area contributed by atoms with E-state index in [0.29, 0.717) is 12.5 Å². The second-order valence-electron chi connectivity index (χ2n) is 5.26. The van der Waals surface area contributed by atoms with Crippen molar-refractivity contribution in [3.8, 4) is 16.9 Å². The SMILES string of the molecule is Fc1ccc(-n2cc(-c3ccnc(NCc4ccon4)n3)cn2)cc1. The Morgan fingerprint density at radius 1 is 1.12 bits per heavy atom. The van der Waals surface area contributed by atoms with E-state index in [1.807, 2.05) is 6.20 Å². The van der Waals surface area contributed by atoms with Crippen molar-refractivity contribution in [2.45, 2.75) is 6.54 Å². The third kappa shape index (κ3) is 3.37. The van der Waals surface area contributed by atoms with Gasteiger partial charge in [-0.25, -0.2) is 19.0 Å². The lowest BCUT2D eigenvalue weighted by molar-refractivity contribution is 0.412. The molecule has 4 rings (SSSR count). The van der Waals surface area contributed by atoms with Crippen molar-refractivity contribution in [1.82, 2.24) is 24.9 Å². The standard InChI is InChI=1S/C17H13FN6O/c18-13-1-3-15(4-2-13)24-11-12(9-21-24)16-5-7-19-17(22-16)20-10-14-6-8-25-23-14/h1-9,11H,10H2,(H,19,20,22). The Hall–Kier alpha value is -3.55. The molecule has 0 unspecified atom stereocenters. The van der Waals surface area contributed by atoms with E-state index in [9.17, 15) is 4.39 Å². The number of hydrogen-bond acceptors (Lipinski definition) is 6. The average Bonchev–Trinajstić information content (AvgIpc) is 3.33. The summed E-state index contributed by atoms with van der Waals surface area (Å²) in [7, 11) is 0. The Kier molecular flexibility index (Phi) is 3.91. The van der Waals surface area contributed by atoms with Crippen LogP contribution in [0.2, 0.25) is 0 Å². The first-order chi connectivity index (χ1) is 12.3. The molecule has 25 heavy (non-hydrogen) atoms. The number of aromatic nitrogens is 5. The summed E-state index contributed by atoms with van der Waals surface area (Å²) in [5.74, 6) is 0.199. The number of hydrogen-bond donors (Lipinski definition) is 1. The fraction of sp³-hybridized carbons (Fsp3) is 0.0588. The van der Waals surface area contributed by atoms with Crippen LogP contribution in [0, 0.1) is 5.82 Å². The summed E-state index contributed by atoms with van der Waals surface area (Å²) in [6.45, 7) is 0.467.